The Bertz CT molecular complexity index is 920. The van der Waals surface area contributed by atoms with E-state index >= 15 is 0 Å². The number of nitrogens with zero attached hydrogens (tertiary/aromatic N) is 1. The number of carbonyl (C=O) groups is 1. The first kappa shape index (κ1) is 21.8. The first-order valence-electron chi connectivity index (χ1n) is 9.11. The van der Waals surface area contributed by atoms with Crippen molar-refractivity contribution in [2.45, 2.75) is 39.8 Å². The highest BCUT2D eigenvalue weighted by Gasteiger charge is 2.20. The number of carbonyl (C=O) groups excluding carboxylic acids is 1. The van der Waals surface area contributed by atoms with Crippen molar-refractivity contribution in [3.8, 4) is 11.5 Å². The zero-order chi connectivity index (χ0) is 20.9. The summed E-state index contributed by atoms with van der Waals surface area (Å²) >= 11 is 0. The third-order valence-electron chi connectivity index (χ3n) is 4.32. The molecule has 0 atom stereocenters. The van der Waals surface area contributed by atoms with Crippen LogP contribution >= 0.6 is 0 Å². The Balaban J connectivity index is 2.30. The van der Waals surface area contributed by atoms with Crippen LogP contribution in [-0.2, 0) is 23.1 Å². The van der Waals surface area contributed by atoms with Crippen LogP contribution in [0.3, 0.4) is 0 Å². The van der Waals surface area contributed by atoms with E-state index in [9.17, 15) is 13.2 Å². The minimum Gasteiger partial charge on any atom is -0.493 e. The van der Waals surface area contributed by atoms with E-state index in [-0.39, 0.29) is 17.7 Å². The second kappa shape index (κ2) is 9.10. The summed E-state index contributed by atoms with van der Waals surface area (Å²) in [6.07, 6.45) is 1.89. The average Bonchev–Trinajstić information content (AvgIpc) is 2.64. The van der Waals surface area contributed by atoms with Gasteiger partial charge in [0.25, 0.3) is 5.91 Å². The number of rotatable bonds is 8. The molecule has 6 nitrogen and oxygen atoms in total. The van der Waals surface area contributed by atoms with Crippen molar-refractivity contribution >= 4 is 16.0 Å². The molecule has 0 bridgehead atoms. The summed E-state index contributed by atoms with van der Waals surface area (Å²) < 4.78 is 33.2. The van der Waals surface area contributed by atoms with Gasteiger partial charge in [-0.05, 0) is 55.7 Å². The van der Waals surface area contributed by atoms with Crippen LogP contribution in [0, 0.1) is 0 Å². The molecule has 28 heavy (non-hydrogen) atoms. The summed E-state index contributed by atoms with van der Waals surface area (Å²) in [5.74, 6) is 0.330. The van der Waals surface area contributed by atoms with Crippen LogP contribution in [0.25, 0.3) is 0 Å². The van der Waals surface area contributed by atoms with Gasteiger partial charge in [-0.3, -0.25) is 4.79 Å². The fourth-order valence-corrected chi connectivity index (χ4v) is 3.24. The normalized spacial score (nSPS) is 11.4. The zero-order valence-corrected chi connectivity index (χ0v) is 17.7. The van der Waals surface area contributed by atoms with Crippen LogP contribution in [-0.4, -0.2) is 38.6 Å². The lowest BCUT2D eigenvalue weighted by molar-refractivity contribution is 0.0690. The molecule has 2 rings (SSSR count). The van der Waals surface area contributed by atoms with Crippen molar-refractivity contribution in [1.29, 1.82) is 0 Å². The molecular formula is C21H27NO5S. The molecule has 0 aliphatic rings. The molecule has 0 N–H and O–H groups in total. The van der Waals surface area contributed by atoms with Crippen molar-refractivity contribution in [2.24, 2.45) is 0 Å². The molecule has 1 amide bonds. The first-order chi connectivity index (χ1) is 13.1. The number of ether oxygens (including phenoxy) is 1. The second-order valence-corrected chi connectivity index (χ2v) is 8.42. The Morgan fingerprint density at radius 3 is 2.14 bits per heavy atom. The molecule has 0 aromatic heterocycles. The molecule has 2 aromatic carbocycles. The third kappa shape index (κ3) is 5.73. The van der Waals surface area contributed by atoms with Gasteiger partial charge in [-0.25, -0.2) is 0 Å². The third-order valence-corrected chi connectivity index (χ3v) is 4.80. The highest BCUT2D eigenvalue weighted by molar-refractivity contribution is 7.86. The van der Waals surface area contributed by atoms with Crippen molar-refractivity contribution < 1.29 is 22.1 Å². The quantitative estimate of drug-likeness (QED) is 0.627. The van der Waals surface area contributed by atoms with Crippen LogP contribution in [0.2, 0.25) is 0 Å². The molecule has 0 aliphatic carbocycles. The summed E-state index contributed by atoms with van der Waals surface area (Å²) in [6, 6.07) is 12.5. The standard InChI is InChI=1S/C21H27NO5S/c1-6-16-7-10-18(11-8-16)21(23)22(15(2)3)14-17-9-12-19(26-4)20(13-17)27-28(5,24)25/h7-13,15H,6,14H2,1-5H3. The predicted molar refractivity (Wildman–Crippen MR) is 109 cm³/mol. The van der Waals surface area contributed by atoms with Crippen molar-refractivity contribution in [3.63, 3.8) is 0 Å². The number of hydrogen-bond acceptors (Lipinski definition) is 5. The van der Waals surface area contributed by atoms with Gasteiger partial charge in [-0.2, -0.15) is 8.42 Å². The molecule has 0 radical (unpaired) electrons. The smallest absolute Gasteiger partial charge is 0.306 e. The molecule has 0 fully saturated rings. The minimum atomic E-state index is -3.70. The molecule has 0 aliphatic heterocycles. The SMILES string of the molecule is CCc1ccc(C(=O)N(Cc2ccc(OC)c(OS(C)(=O)=O)c2)C(C)C)cc1. The Morgan fingerprint density at radius 1 is 1.04 bits per heavy atom. The predicted octanol–water partition coefficient (Wildman–Crippen LogP) is 3.65. The number of benzene rings is 2. The summed E-state index contributed by atoms with van der Waals surface area (Å²) in [4.78, 5) is 14.7. The lowest BCUT2D eigenvalue weighted by Crippen LogP contribution is -2.36. The molecule has 0 unspecified atom stereocenters. The molecule has 7 heteroatoms. The van der Waals surface area contributed by atoms with E-state index in [4.69, 9.17) is 8.92 Å². The maximum absolute atomic E-state index is 13.0. The Morgan fingerprint density at radius 2 is 1.64 bits per heavy atom. The first-order valence-corrected chi connectivity index (χ1v) is 10.9. The van der Waals surface area contributed by atoms with Crippen LogP contribution < -0.4 is 8.92 Å². The van der Waals surface area contributed by atoms with Crippen molar-refractivity contribution in [2.75, 3.05) is 13.4 Å². The average molecular weight is 406 g/mol. The molecule has 0 saturated carbocycles. The maximum atomic E-state index is 13.0. The van der Waals surface area contributed by atoms with Gasteiger partial charge in [0.1, 0.15) is 0 Å². The Labute approximate surface area is 167 Å². The maximum Gasteiger partial charge on any atom is 0.306 e. The second-order valence-electron chi connectivity index (χ2n) is 6.85. The van der Waals surface area contributed by atoms with Gasteiger partial charge >= 0.3 is 10.1 Å². The van der Waals surface area contributed by atoms with E-state index in [1.807, 2.05) is 38.1 Å². The Kier molecular flexibility index (Phi) is 7.07. The zero-order valence-electron chi connectivity index (χ0n) is 16.9. The Hall–Kier alpha value is -2.54. The summed E-state index contributed by atoms with van der Waals surface area (Å²) in [5, 5.41) is 0. The van der Waals surface area contributed by atoms with Gasteiger partial charge in [0.2, 0.25) is 0 Å². The number of aryl methyl sites for hydroxylation is 1. The number of methoxy groups -OCH3 is 1. The van der Waals surface area contributed by atoms with E-state index in [2.05, 4.69) is 6.92 Å². The van der Waals surface area contributed by atoms with E-state index < -0.39 is 10.1 Å². The lowest BCUT2D eigenvalue weighted by Gasteiger charge is -2.27. The highest BCUT2D eigenvalue weighted by Crippen LogP contribution is 2.30. The summed E-state index contributed by atoms with van der Waals surface area (Å²) in [5.41, 5.74) is 2.53. The lowest BCUT2D eigenvalue weighted by atomic mass is 10.1. The van der Waals surface area contributed by atoms with E-state index in [0.717, 1.165) is 18.2 Å². The van der Waals surface area contributed by atoms with Gasteiger partial charge in [0.15, 0.2) is 11.5 Å². The molecule has 0 saturated heterocycles. The van der Waals surface area contributed by atoms with E-state index in [1.165, 1.54) is 12.7 Å². The highest BCUT2D eigenvalue weighted by atomic mass is 32.2. The fraction of sp³-hybridized carbons (Fsp3) is 0.381. The largest absolute Gasteiger partial charge is 0.493 e. The minimum absolute atomic E-state index is 0.0419. The molecule has 2 aromatic rings. The van der Waals surface area contributed by atoms with Crippen molar-refractivity contribution in [3.05, 3.63) is 59.2 Å². The fourth-order valence-electron chi connectivity index (χ4n) is 2.78. The molecule has 0 heterocycles. The monoisotopic (exact) mass is 405 g/mol. The van der Waals surface area contributed by atoms with Gasteiger partial charge < -0.3 is 13.8 Å². The van der Waals surface area contributed by atoms with Gasteiger partial charge in [-0.15, -0.1) is 0 Å². The van der Waals surface area contributed by atoms with Crippen LogP contribution in [0.15, 0.2) is 42.5 Å². The van der Waals surface area contributed by atoms with E-state index in [0.29, 0.717) is 17.9 Å². The topological polar surface area (TPSA) is 72.9 Å². The van der Waals surface area contributed by atoms with Gasteiger partial charge in [0, 0.05) is 18.2 Å². The molecular weight excluding hydrogens is 378 g/mol. The number of hydrogen-bond donors (Lipinski definition) is 0. The van der Waals surface area contributed by atoms with Crippen molar-refractivity contribution in [1.82, 2.24) is 4.90 Å². The summed E-state index contributed by atoms with van der Waals surface area (Å²) in [7, 11) is -2.26. The van der Waals surface area contributed by atoms with Crippen LogP contribution in [0.5, 0.6) is 11.5 Å². The van der Waals surface area contributed by atoms with Gasteiger partial charge in [-0.1, -0.05) is 25.1 Å². The molecule has 0 spiro atoms. The summed E-state index contributed by atoms with van der Waals surface area (Å²) in [6.45, 7) is 6.26. The molecule has 152 valence electrons. The van der Waals surface area contributed by atoms with Crippen LogP contribution in [0.1, 0.15) is 42.3 Å². The number of amides is 1. The van der Waals surface area contributed by atoms with E-state index in [1.54, 1.807) is 23.1 Å². The van der Waals surface area contributed by atoms with Crippen LogP contribution in [0.4, 0.5) is 0 Å². The van der Waals surface area contributed by atoms with Gasteiger partial charge in [0.05, 0.1) is 13.4 Å².